The minimum absolute atomic E-state index is 0. The fourth-order valence-electron chi connectivity index (χ4n) is 0.846. The first-order valence-electron chi connectivity index (χ1n) is 5.39. The summed E-state index contributed by atoms with van der Waals surface area (Å²) in [5.41, 5.74) is 1.07. The van der Waals surface area contributed by atoms with Crippen LogP contribution in [0.25, 0.3) is 0 Å². The van der Waals surface area contributed by atoms with Crippen molar-refractivity contribution in [2.24, 2.45) is 0 Å². The Morgan fingerprint density at radius 3 is 1.75 bits per heavy atom. The molecule has 0 saturated carbocycles. The predicted octanol–water partition coefficient (Wildman–Crippen LogP) is 3.59. The van der Waals surface area contributed by atoms with Gasteiger partial charge in [0, 0.05) is 32.7 Å². The Bertz CT molecular complexity index is 276. The van der Waals surface area contributed by atoms with Gasteiger partial charge in [-0.25, -0.2) is 0 Å². The molecule has 0 unspecified atom stereocenters. The molecule has 0 aliphatic rings. The van der Waals surface area contributed by atoms with Crippen LogP contribution in [0.5, 0.6) is 0 Å². The van der Waals surface area contributed by atoms with Crippen molar-refractivity contribution in [3.05, 3.63) is 35.9 Å². The van der Waals surface area contributed by atoms with Crippen molar-refractivity contribution in [2.45, 2.75) is 34.1 Å². The first kappa shape index (κ1) is 21.5. The Morgan fingerprint density at radius 2 is 1.38 bits per heavy atom. The smallest absolute Gasteiger partial charge is 0 e. The Labute approximate surface area is 127 Å². The Morgan fingerprint density at radius 1 is 0.938 bits per heavy atom. The average molecular weight is 318 g/mol. The summed E-state index contributed by atoms with van der Waals surface area (Å²) >= 11 is 0. The van der Waals surface area contributed by atoms with E-state index in [4.69, 9.17) is 0 Å². The summed E-state index contributed by atoms with van der Waals surface area (Å²) in [7, 11) is -1.92. The van der Waals surface area contributed by atoms with Crippen LogP contribution in [0, 0.1) is 0 Å². The third-order valence-electron chi connectivity index (χ3n) is 1.40. The van der Waals surface area contributed by atoms with E-state index in [-0.39, 0.29) is 38.5 Å². The number of benzene rings is 1. The van der Waals surface area contributed by atoms with Gasteiger partial charge in [-0.05, 0) is 12.0 Å². The molecule has 0 N–H and O–H groups in total. The van der Waals surface area contributed by atoms with Gasteiger partial charge in [0.25, 0.3) is 0 Å². The van der Waals surface area contributed by atoms with Crippen LogP contribution in [-0.4, -0.2) is 5.75 Å². The summed E-state index contributed by atoms with van der Waals surface area (Å²) in [4.78, 5) is 0. The molecule has 1 aromatic carbocycles. The molecule has 0 aliphatic heterocycles. The van der Waals surface area contributed by atoms with Crippen LogP contribution in [-0.2, 0) is 58.3 Å². The summed E-state index contributed by atoms with van der Waals surface area (Å²) < 4.78 is 20.3. The summed E-state index contributed by atoms with van der Waals surface area (Å²) in [5.74, 6) is 0.212. The first-order valence-corrected chi connectivity index (χ1v) is 6.63. The zero-order chi connectivity index (χ0) is 12.1. The van der Waals surface area contributed by atoms with Crippen LogP contribution in [0.3, 0.4) is 0 Å². The topological polar surface area (TPSA) is 34.1 Å². The van der Waals surface area contributed by atoms with Crippen molar-refractivity contribution >= 4 is 10.7 Å². The van der Waals surface area contributed by atoms with Crippen LogP contribution in [0.1, 0.15) is 33.3 Å². The molecule has 1 radical (unpaired) electrons. The van der Waals surface area contributed by atoms with Gasteiger partial charge in [-0.15, -0.1) is 0 Å². The van der Waals surface area contributed by atoms with Crippen LogP contribution in [0.15, 0.2) is 30.3 Å². The SMILES string of the molecule is CC.CC.O=[S-](=O)CCc1ccccc1.[Y]. The fraction of sp³-hybridized carbons (Fsp3) is 0.500. The molecule has 4 heteroatoms. The molecule has 16 heavy (non-hydrogen) atoms. The molecule has 1 aromatic rings. The average Bonchev–Trinajstić information content (AvgIpc) is 2.33. The van der Waals surface area contributed by atoms with E-state index in [0.29, 0.717) is 6.42 Å². The van der Waals surface area contributed by atoms with E-state index < -0.39 is 10.7 Å². The van der Waals surface area contributed by atoms with Gasteiger partial charge in [0.05, 0.1) is 0 Å². The van der Waals surface area contributed by atoms with Gasteiger partial charge < -0.3 is 8.42 Å². The van der Waals surface area contributed by atoms with Crippen molar-refractivity contribution in [1.82, 2.24) is 0 Å². The number of aryl methyl sites for hydroxylation is 1. The molecule has 91 valence electrons. The summed E-state index contributed by atoms with van der Waals surface area (Å²) in [5, 5.41) is 0. The van der Waals surface area contributed by atoms with Crippen molar-refractivity contribution in [2.75, 3.05) is 5.75 Å². The minimum atomic E-state index is -1.92. The van der Waals surface area contributed by atoms with Gasteiger partial charge in [-0.3, -0.25) is 0 Å². The summed E-state index contributed by atoms with van der Waals surface area (Å²) in [6, 6.07) is 9.57. The second kappa shape index (κ2) is 17.7. The van der Waals surface area contributed by atoms with E-state index in [1.807, 2.05) is 58.0 Å². The number of rotatable bonds is 3. The molecule has 0 heterocycles. The van der Waals surface area contributed by atoms with Crippen LogP contribution in [0.2, 0.25) is 0 Å². The van der Waals surface area contributed by atoms with E-state index in [1.165, 1.54) is 0 Å². The van der Waals surface area contributed by atoms with Gasteiger partial charge in [0.2, 0.25) is 0 Å². The summed E-state index contributed by atoms with van der Waals surface area (Å²) in [6.45, 7) is 8.00. The van der Waals surface area contributed by atoms with Crippen LogP contribution < -0.4 is 0 Å². The molecular formula is C12H21O2SY-. The van der Waals surface area contributed by atoms with E-state index in [1.54, 1.807) is 0 Å². The molecular weight excluding hydrogens is 297 g/mol. The largest absolute Gasteiger partial charge is 0.424 e. The molecule has 0 bridgehead atoms. The zero-order valence-corrected chi connectivity index (χ0v) is 14.3. The van der Waals surface area contributed by atoms with Crippen molar-refractivity contribution < 1.29 is 41.1 Å². The van der Waals surface area contributed by atoms with Crippen molar-refractivity contribution in [1.29, 1.82) is 0 Å². The molecule has 1 rings (SSSR count). The van der Waals surface area contributed by atoms with Gasteiger partial charge in [0.15, 0.2) is 0 Å². The standard InChI is InChI=1S/C8H9O2S.2C2H6.Y/c9-11(10)7-6-8-4-2-1-3-5-8;2*1-2;/h1-5H,6-7H2;2*1-2H3;/q-1;;;. The molecule has 0 fully saturated rings. The molecule has 0 amide bonds. The maximum absolute atomic E-state index is 10.2. The van der Waals surface area contributed by atoms with E-state index in [0.717, 1.165) is 5.56 Å². The van der Waals surface area contributed by atoms with E-state index in [2.05, 4.69) is 0 Å². The van der Waals surface area contributed by atoms with Gasteiger partial charge in [-0.1, -0.05) is 74.5 Å². The predicted molar refractivity (Wildman–Crippen MR) is 66.4 cm³/mol. The second-order valence-corrected chi connectivity index (χ2v) is 3.26. The van der Waals surface area contributed by atoms with Crippen molar-refractivity contribution in [3.63, 3.8) is 0 Å². The Hall–Kier alpha value is 0.274. The minimum Gasteiger partial charge on any atom is -0.424 e. The first-order chi connectivity index (χ1) is 7.29. The molecule has 0 atom stereocenters. The monoisotopic (exact) mass is 318 g/mol. The molecule has 0 spiro atoms. The quantitative estimate of drug-likeness (QED) is 0.798. The molecule has 0 aliphatic carbocycles. The van der Waals surface area contributed by atoms with Crippen LogP contribution in [0.4, 0.5) is 0 Å². The fourth-order valence-corrected chi connectivity index (χ4v) is 1.25. The summed E-state index contributed by atoms with van der Waals surface area (Å²) in [6.07, 6.45) is 0.608. The third kappa shape index (κ3) is 14.3. The maximum Gasteiger partial charge on any atom is 0 e. The normalized spacial score (nSPS) is 7.81. The van der Waals surface area contributed by atoms with Crippen molar-refractivity contribution in [3.8, 4) is 0 Å². The maximum atomic E-state index is 10.2. The van der Waals surface area contributed by atoms with Crippen LogP contribution >= 0.6 is 0 Å². The molecule has 0 saturated heterocycles. The molecule has 0 aromatic heterocycles. The Kier molecular flexibility index (Phi) is 23.8. The third-order valence-corrected chi connectivity index (χ3v) is 1.94. The molecule has 2 nitrogen and oxygen atoms in total. The van der Waals surface area contributed by atoms with Gasteiger partial charge in [0.1, 0.15) is 0 Å². The van der Waals surface area contributed by atoms with E-state index >= 15 is 0 Å². The second-order valence-electron chi connectivity index (χ2n) is 2.24. The zero-order valence-electron chi connectivity index (χ0n) is 10.6. The van der Waals surface area contributed by atoms with E-state index in [9.17, 15) is 8.42 Å². The van der Waals surface area contributed by atoms with Gasteiger partial charge >= 0.3 is 0 Å². The number of hydrogen-bond donors (Lipinski definition) is 0. The Balaban J connectivity index is -0.000000305. The number of hydrogen-bond acceptors (Lipinski definition) is 3. The van der Waals surface area contributed by atoms with Gasteiger partial charge in [-0.2, -0.15) is 0 Å².